The van der Waals surface area contributed by atoms with Crippen molar-refractivity contribution < 1.29 is 4.74 Å². The zero-order valence-corrected chi connectivity index (χ0v) is 9.01. The molecule has 1 unspecified atom stereocenters. The molecule has 3 nitrogen and oxygen atoms in total. The molecule has 0 aromatic carbocycles. The van der Waals surface area contributed by atoms with Gasteiger partial charge in [-0.15, -0.1) is 0 Å². The van der Waals surface area contributed by atoms with Crippen LogP contribution in [0.2, 0.25) is 0 Å². The highest BCUT2D eigenvalue weighted by Gasteiger charge is 1.98. The molecular weight excluding hydrogens is 164 g/mol. The quantitative estimate of drug-likeness (QED) is 0.533. The molecule has 3 N–H and O–H groups in total. The van der Waals surface area contributed by atoms with E-state index in [1.165, 1.54) is 19.3 Å². The molecule has 0 radical (unpaired) electrons. The van der Waals surface area contributed by atoms with Gasteiger partial charge in [-0.05, 0) is 13.3 Å². The third-order valence-electron chi connectivity index (χ3n) is 1.99. The number of rotatable bonds is 9. The Bertz CT molecular complexity index is 98.9. The van der Waals surface area contributed by atoms with Crippen LogP contribution in [0.1, 0.15) is 33.1 Å². The van der Waals surface area contributed by atoms with Crippen molar-refractivity contribution in [2.45, 2.75) is 39.2 Å². The molecule has 0 aliphatic rings. The van der Waals surface area contributed by atoms with Gasteiger partial charge in [-0.2, -0.15) is 0 Å². The average Bonchev–Trinajstić information content (AvgIpc) is 2.14. The number of nitrogens with one attached hydrogen (secondary N) is 1. The van der Waals surface area contributed by atoms with Gasteiger partial charge in [0.1, 0.15) is 0 Å². The first-order valence-electron chi connectivity index (χ1n) is 5.32. The Morgan fingerprint density at radius 2 is 2.15 bits per heavy atom. The first-order valence-corrected chi connectivity index (χ1v) is 5.32. The van der Waals surface area contributed by atoms with Crippen LogP contribution >= 0.6 is 0 Å². The molecule has 0 saturated carbocycles. The van der Waals surface area contributed by atoms with Gasteiger partial charge in [0.2, 0.25) is 0 Å². The van der Waals surface area contributed by atoms with Gasteiger partial charge in [0.15, 0.2) is 0 Å². The predicted molar refractivity (Wildman–Crippen MR) is 56.9 cm³/mol. The Morgan fingerprint density at radius 1 is 1.38 bits per heavy atom. The summed E-state index contributed by atoms with van der Waals surface area (Å²) in [4.78, 5) is 0. The minimum absolute atomic E-state index is 0.612. The van der Waals surface area contributed by atoms with Crippen molar-refractivity contribution in [3.63, 3.8) is 0 Å². The molecule has 0 heterocycles. The van der Waals surface area contributed by atoms with E-state index in [1.54, 1.807) is 0 Å². The maximum atomic E-state index is 5.29. The Balaban J connectivity index is 3.03. The Kier molecular flexibility index (Phi) is 9.87. The molecule has 0 aliphatic carbocycles. The molecule has 0 aliphatic heterocycles. The van der Waals surface area contributed by atoms with Gasteiger partial charge in [-0.1, -0.05) is 19.8 Å². The van der Waals surface area contributed by atoms with Crippen LogP contribution in [-0.2, 0) is 4.74 Å². The summed E-state index contributed by atoms with van der Waals surface area (Å²) in [5, 5.41) is 3.41. The van der Waals surface area contributed by atoms with E-state index in [1.807, 2.05) is 0 Å². The molecule has 0 aromatic heterocycles. The molecule has 3 heteroatoms. The highest BCUT2D eigenvalue weighted by atomic mass is 16.5. The smallest absolute Gasteiger partial charge is 0.0591 e. The molecular formula is C10H24N2O. The fraction of sp³-hybridized carbons (Fsp3) is 1.00. The number of ether oxygens (including phenoxy) is 1. The lowest BCUT2D eigenvalue weighted by molar-refractivity contribution is 0.141. The van der Waals surface area contributed by atoms with Crippen LogP contribution in [0.3, 0.4) is 0 Å². The van der Waals surface area contributed by atoms with Crippen molar-refractivity contribution in [1.82, 2.24) is 5.32 Å². The molecule has 0 rings (SSSR count). The van der Waals surface area contributed by atoms with E-state index in [2.05, 4.69) is 19.2 Å². The van der Waals surface area contributed by atoms with Gasteiger partial charge >= 0.3 is 0 Å². The molecule has 1 atom stereocenters. The number of hydrogen-bond acceptors (Lipinski definition) is 3. The highest BCUT2D eigenvalue weighted by Crippen LogP contribution is 1.98. The van der Waals surface area contributed by atoms with Crippen LogP contribution in [-0.4, -0.2) is 32.3 Å². The maximum Gasteiger partial charge on any atom is 0.0591 e. The van der Waals surface area contributed by atoms with Gasteiger partial charge in [0.05, 0.1) is 13.2 Å². The highest BCUT2D eigenvalue weighted by molar-refractivity contribution is 4.59. The van der Waals surface area contributed by atoms with Gasteiger partial charge in [0, 0.05) is 19.1 Å². The maximum absolute atomic E-state index is 5.29. The van der Waals surface area contributed by atoms with Crippen molar-refractivity contribution in [2.24, 2.45) is 5.73 Å². The van der Waals surface area contributed by atoms with E-state index in [4.69, 9.17) is 10.5 Å². The molecule has 0 amide bonds. The van der Waals surface area contributed by atoms with Crippen LogP contribution in [0.25, 0.3) is 0 Å². The summed E-state index contributed by atoms with van der Waals surface area (Å²) in [6.45, 7) is 7.44. The second kappa shape index (κ2) is 9.96. The molecule has 0 fully saturated rings. The average molecular weight is 188 g/mol. The summed E-state index contributed by atoms with van der Waals surface area (Å²) in [5.41, 5.74) is 5.29. The summed E-state index contributed by atoms with van der Waals surface area (Å²) in [7, 11) is 0. The van der Waals surface area contributed by atoms with E-state index < -0.39 is 0 Å². The van der Waals surface area contributed by atoms with E-state index >= 15 is 0 Å². The van der Waals surface area contributed by atoms with Crippen molar-refractivity contribution in [2.75, 3.05) is 26.3 Å². The fourth-order valence-electron chi connectivity index (χ4n) is 1.18. The summed E-state index contributed by atoms with van der Waals surface area (Å²) < 4.78 is 5.25. The van der Waals surface area contributed by atoms with Crippen LogP contribution in [0.5, 0.6) is 0 Å². The topological polar surface area (TPSA) is 47.3 Å². The van der Waals surface area contributed by atoms with Crippen molar-refractivity contribution >= 4 is 0 Å². The molecule has 80 valence electrons. The monoisotopic (exact) mass is 188 g/mol. The first kappa shape index (κ1) is 12.9. The van der Waals surface area contributed by atoms with Crippen LogP contribution in [0.4, 0.5) is 0 Å². The summed E-state index contributed by atoms with van der Waals surface area (Å²) in [6, 6.07) is 0.612. The van der Waals surface area contributed by atoms with Gasteiger partial charge in [0.25, 0.3) is 0 Å². The molecule has 0 aromatic rings. The number of nitrogens with two attached hydrogens (primary N) is 1. The minimum Gasteiger partial charge on any atom is -0.379 e. The molecule has 0 saturated heterocycles. The third-order valence-corrected chi connectivity index (χ3v) is 1.99. The number of hydrogen-bond donors (Lipinski definition) is 2. The van der Waals surface area contributed by atoms with Crippen LogP contribution < -0.4 is 11.1 Å². The normalized spacial score (nSPS) is 13.2. The molecule has 0 spiro atoms. The van der Waals surface area contributed by atoms with E-state index in [0.29, 0.717) is 19.2 Å². The Morgan fingerprint density at radius 3 is 2.77 bits per heavy atom. The van der Waals surface area contributed by atoms with E-state index in [-0.39, 0.29) is 0 Å². The van der Waals surface area contributed by atoms with Crippen LogP contribution in [0, 0.1) is 0 Å². The first-order chi connectivity index (χ1) is 6.31. The second-order valence-corrected chi connectivity index (χ2v) is 3.40. The SMILES string of the molecule is CCCCC(C)NCCOCCN. The fourth-order valence-corrected chi connectivity index (χ4v) is 1.18. The Labute approximate surface area is 82.0 Å². The Hall–Kier alpha value is -0.120. The lowest BCUT2D eigenvalue weighted by Gasteiger charge is -2.12. The standard InChI is InChI=1S/C10H24N2O/c1-3-4-5-10(2)12-7-9-13-8-6-11/h10,12H,3-9,11H2,1-2H3. The predicted octanol–water partition coefficient (Wildman–Crippen LogP) is 1.13. The third kappa shape index (κ3) is 9.80. The summed E-state index contributed by atoms with van der Waals surface area (Å²) >= 11 is 0. The van der Waals surface area contributed by atoms with E-state index in [9.17, 15) is 0 Å². The van der Waals surface area contributed by atoms with Crippen molar-refractivity contribution in [3.05, 3.63) is 0 Å². The molecule has 0 bridgehead atoms. The minimum atomic E-state index is 0.612. The van der Waals surface area contributed by atoms with Gasteiger partial charge in [-0.3, -0.25) is 0 Å². The van der Waals surface area contributed by atoms with Gasteiger partial charge in [-0.25, -0.2) is 0 Å². The zero-order chi connectivity index (χ0) is 9.94. The number of unbranched alkanes of at least 4 members (excludes halogenated alkanes) is 1. The molecule has 13 heavy (non-hydrogen) atoms. The van der Waals surface area contributed by atoms with Crippen molar-refractivity contribution in [1.29, 1.82) is 0 Å². The van der Waals surface area contributed by atoms with Gasteiger partial charge < -0.3 is 15.8 Å². The zero-order valence-electron chi connectivity index (χ0n) is 9.01. The summed E-state index contributed by atoms with van der Waals surface area (Å²) in [5.74, 6) is 0. The lowest BCUT2D eigenvalue weighted by Crippen LogP contribution is -2.29. The van der Waals surface area contributed by atoms with Crippen molar-refractivity contribution in [3.8, 4) is 0 Å². The van der Waals surface area contributed by atoms with Crippen LogP contribution in [0.15, 0.2) is 0 Å². The lowest BCUT2D eigenvalue weighted by atomic mass is 10.1. The van der Waals surface area contributed by atoms with E-state index in [0.717, 1.165) is 13.2 Å². The summed E-state index contributed by atoms with van der Waals surface area (Å²) in [6.07, 6.45) is 3.83. The largest absolute Gasteiger partial charge is 0.379 e. The second-order valence-electron chi connectivity index (χ2n) is 3.40.